The van der Waals surface area contributed by atoms with Crippen molar-refractivity contribution in [3.05, 3.63) is 84.3 Å². The number of hydrogen-bond donors (Lipinski definition) is 2. The van der Waals surface area contributed by atoms with Crippen molar-refractivity contribution in [3.63, 3.8) is 0 Å². The molecular formula is C34H38N6O3. The number of nitrogens with zero attached hydrogens (tertiary/aromatic N) is 4. The molecule has 2 N–H and O–H groups in total. The number of pyridine rings is 1. The Kier molecular flexibility index (Phi) is 7.20. The number of likely N-dealkylation sites (tertiary alicyclic amines) is 2. The van der Waals surface area contributed by atoms with Crippen molar-refractivity contribution >= 4 is 34.3 Å². The molecule has 9 heteroatoms. The van der Waals surface area contributed by atoms with Crippen molar-refractivity contribution in [2.24, 2.45) is 5.41 Å². The molecule has 2 aliphatic rings. The lowest BCUT2D eigenvalue weighted by molar-refractivity contribution is -0.138. The topological polar surface area (TPSA) is 102 Å². The number of fused-ring (bicyclic) bond motifs is 3. The second-order valence-electron chi connectivity index (χ2n) is 12.9. The van der Waals surface area contributed by atoms with Gasteiger partial charge in [0.15, 0.2) is 0 Å². The van der Waals surface area contributed by atoms with Gasteiger partial charge in [0.25, 0.3) is 11.8 Å². The summed E-state index contributed by atoms with van der Waals surface area (Å²) in [4.78, 5) is 54.0. The van der Waals surface area contributed by atoms with Crippen molar-refractivity contribution in [3.8, 4) is 11.1 Å². The summed E-state index contributed by atoms with van der Waals surface area (Å²) in [6, 6.07) is 20.5. The van der Waals surface area contributed by atoms with Crippen LogP contribution in [-0.4, -0.2) is 82.8 Å². The number of amides is 3. The molecule has 4 heterocycles. The Labute approximate surface area is 251 Å². The van der Waals surface area contributed by atoms with Crippen LogP contribution >= 0.6 is 0 Å². The van der Waals surface area contributed by atoms with Crippen molar-refractivity contribution in [1.82, 2.24) is 25.1 Å². The Balaban J connectivity index is 1.11. The fraction of sp³-hybridized carbons (Fsp3) is 0.353. The molecule has 4 aromatic rings. The first-order chi connectivity index (χ1) is 20.5. The zero-order valence-electron chi connectivity index (χ0n) is 25.3. The minimum atomic E-state index is -0.712. The average molecular weight is 579 g/mol. The molecule has 2 bridgehead atoms. The molecule has 2 aromatic heterocycles. The lowest BCUT2D eigenvalue weighted by Crippen LogP contribution is -2.59. The molecule has 3 atom stereocenters. The molecule has 3 amide bonds. The summed E-state index contributed by atoms with van der Waals surface area (Å²) < 4.78 is 0. The van der Waals surface area contributed by atoms with Crippen LogP contribution in [0.15, 0.2) is 72.9 Å². The molecule has 0 aliphatic carbocycles. The summed E-state index contributed by atoms with van der Waals surface area (Å²) in [5, 5.41) is 3.94. The lowest BCUT2D eigenvalue weighted by Gasteiger charge is -2.39. The van der Waals surface area contributed by atoms with Gasteiger partial charge in [-0.2, -0.15) is 0 Å². The van der Waals surface area contributed by atoms with Crippen molar-refractivity contribution < 1.29 is 14.4 Å². The summed E-state index contributed by atoms with van der Waals surface area (Å²) in [5.41, 5.74) is 4.29. The SMILES string of the molecule is CN(C)c1ccc(-c2ccc(C(=O)N3CC4CC3CN4C(=O)C(NC(=O)c3cc4ccccc4[nH]3)C(C)(C)C)nc2)cc1. The summed E-state index contributed by atoms with van der Waals surface area (Å²) in [6.07, 6.45) is 2.46. The zero-order valence-corrected chi connectivity index (χ0v) is 25.3. The van der Waals surface area contributed by atoms with E-state index in [1.165, 1.54) is 0 Å². The first kappa shape index (κ1) is 28.5. The standard InChI is InChI=1S/C34H38N6O3/c1-34(2,3)30(37-31(41)29-16-22-8-6-7-9-27(22)36-29)33(43)40-20-25-17-26(40)19-39(25)32(42)28-15-12-23(18-35-28)21-10-13-24(14-11-21)38(4)5/h6-16,18,25-26,30,36H,17,19-20H2,1-5H3,(H,37,41). The molecule has 0 spiro atoms. The normalized spacial score (nSPS) is 18.6. The molecule has 2 aliphatic heterocycles. The smallest absolute Gasteiger partial charge is 0.272 e. The lowest BCUT2D eigenvalue weighted by atomic mass is 9.85. The van der Waals surface area contributed by atoms with Crippen molar-refractivity contribution in [1.29, 1.82) is 0 Å². The molecule has 3 unspecified atom stereocenters. The van der Waals surface area contributed by atoms with E-state index in [0.29, 0.717) is 24.5 Å². The first-order valence-electron chi connectivity index (χ1n) is 14.7. The number of aromatic nitrogens is 2. The fourth-order valence-electron chi connectivity index (χ4n) is 6.19. The highest BCUT2D eigenvalue weighted by Crippen LogP contribution is 2.34. The monoisotopic (exact) mass is 578 g/mol. The van der Waals surface area contributed by atoms with Gasteiger partial charge in [-0.15, -0.1) is 0 Å². The van der Waals surface area contributed by atoms with E-state index in [1.54, 1.807) is 18.3 Å². The van der Waals surface area contributed by atoms with Gasteiger partial charge < -0.3 is 25.0 Å². The van der Waals surface area contributed by atoms with Gasteiger partial charge in [-0.05, 0) is 47.7 Å². The van der Waals surface area contributed by atoms with Gasteiger partial charge in [0.1, 0.15) is 17.4 Å². The summed E-state index contributed by atoms with van der Waals surface area (Å²) in [6.45, 7) is 6.77. The summed E-state index contributed by atoms with van der Waals surface area (Å²) in [5.74, 6) is -0.540. The summed E-state index contributed by atoms with van der Waals surface area (Å²) in [7, 11) is 4.01. The highest BCUT2D eigenvalue weighted by Gasteiger charge is 2.50. The highest BCUT2D eigenvalue weighted by atomic mass is 16.2. The van der Waals surface area contributed by atoms with Crippen LogP contribution in [0.1, 0.15) is 48.2 Å². The maximum atomic E-state index is 13.9. The van der Waals surface area contributed by atoms with E-state index < -0.39 is 11.5 Å². The van der Waals surface area contributed by atoms with Crippen molar-refractivity contribution in [2.75, 3.05) is 32.1 Å². The minimum Gasteiger partial charge on any atom is -0.378 e. The molecule has 2 fully saturated rings. The first-order valence-corrected chi connectivity index (χ1v) is 14.7. The van der Waals surface area contributed by atoms with Crippen LogP contribution in [0.2, 0.25) is 0 Å². The Morgan fingerprint density at radius 3 is 2.21 bits per heavy atom. The number of piperazine rings is 1. The predicted octanol–water partition coefficient (Wildman–Crippen LogP) is 4.57. The van der Waals surface area contributed by atoms with E-state index in [9.17, 15) is 14.4 Å². The second kappa shape index (κ2) is 10.9. The van der Waals surface area contributed by atoms with Gasteiger partial charge in [-0.25, -0.2) is 0 Å². The molecule has 9 nitrogen and oxygen atoms in total. The Morgan fingerprint density at radius 1 is 0.930 bits per heavy atom. The van der Waals surface area contributed by atoms with E-state index in [0.717, 1.165) is 34.1 Å². The third-order valence-electron chi connectivity index (χ3n) is 8.65. The van der Waals surface area contributed by atoms with Crippen LogP contribution in [0.3, 0.4) is 0 Å². The Bertz CT molecular complexity index is 1640. The third kappa shape index (κ3) is 5.47. The number of aromatic amines is 1. The van der Waals surface area contributed by atoms with Crippen LogP contribution in [0, 0.1) is 5.41 Å². The van der Waals surface area contributed by atoms with Gasteiger partial charge in [0.05, 0.1) is 12.1 Å². The number of hydrogen-bond acceptors (Lipinski definition) is 5. The van der Waals surface area contributed by atoms with Crippen LogP contribution in [0.25, 0.3) is 22.0 Å². The minimum absolute atomic E-state index is 0.0773. The molecule has 43 heavy (non-hydrogen) atoms. The van der Waals surface area contributed by atoms with Gasteiger partial charge in [0, 0.05) is 55.5 Å². The van der Waals surface area contributed by atoms with Gasteiger partial charge >= 0.3 is 0 Å². The maximum Gasteiger partial charge on any atom is 0.272 e. The second-order valence-corrected chi connectivity index (χ2v) is 12.9. The molecule has 0 radical (unpaired) electrons. The van der Waals surface area contributed by atoms with Gasteiger partial charge in [0.2, 0.25) is 5.91 Å². The van der Waals surface area contributed by atoms with Crippen LogP contribution in [0.4, 0.5) is 5.69 Å². The van der Waals surface area contributed by atoms with Crippen LogP contribution in [-0.2, 0) is 4.79 Å². The summed E-state index contributed by atoms with van der Waals surface area (Å²) >= 11 is 0. The van der Waals surface area contributed by atoms with Gasteiger partial charge in [-0.3, -0.25) is 19.4 Å². The van der Waals surface area contributed by atoms with E-state index in [4.69, 9.17) is 0 Å². The quantitative estimate of drug-likeness (QED) is 0.349. The highest BCUT2D eigenvalue weighted by molar-refractivity contribution is 6.00. The number of benzene rings is 2. The third-order valence-corrected chi connectivity index (χ3v) is 8.65. The number of rotatable bonds is 6. The largest absolute Gasteiger partial charge is 0.378 e. The number of H-pyrrole nitrogens is 1. The van der Waals surface area contributed by atoms with E-state index >= 15 is 0 Å². The molecule has 6 rings (SSSR count). The Morgan fingerprint density at radius 2 is 1.60 bits per heavy atom. The zero-order chi connectivity index (χ0) is 30.5. The number of anilines is 1. The molecule has 0 saturated carbocycles. The molecule has 2 aromatic carbocycles. The fourth-order valence-corrected chi connectivity index (χ4v) is 6.19. The number of para-hydroxylation sites is 1. The molecular weight excluding hydrogens is 540 g/mol. The molecule has 2 saturated heterocycles. The van der Waals surface area contributed by atoms with E-state index in [-0.39, 0.29) is 29.8 Å². The number of nitrogens with one attached hydrogen (secondary N) is 2. The average Bonchev–Trinajstić information content (AvgIpc) is 3.73. The van der Waals surface area contributed by atoms with Crippen LogP contribution in [0.5, 0.6) is 0 Å². The maximum absolute atomic E-state index is 13.9. The number of carbonyl (C=O) groups excluding carboxylic acids is 3. The van der Waals surface area contributed by atoms with Gasteiger partial charge in [-0.1, -0.05) is 57.2 Å². The Hall–Kier alpha value is -4.66. The van der Waals surface area contributed by atoms with Crippen LogP contribution < -0.4 is 10.2 Å². The van der Waals surface area contributed by atoms with E-state index in [1.807, 2.05) is 92.0 Å². The molecule has 222 valence electrons. The van der Waals surface area contributed by atoms with E-state index in [2.05, 4.69) is 27.4 Å². The number of carbonyl (C=O) groups is 3. The van der Waals surface area contributed by atoms with Crippen molar-refractivity contribution in [2.45, 2.75) is 45.3 Å². The predicted molar refractivity (Wildman–Crippen MR) is 168 cm³/mol.